The molecule has 1 N–H and O–H groups in total. The number of aromatic nitrogens is 2. The smallest absolute Gasteiger partial charge is 0.300 e. The van der Waals surface area contributed by atoms with Crippen molar-refractivity contribution in [1.82, 2.24) is 9.97 Å². The van der Waals surface area contributed by atoms with Gasteiger partial charge < -0.3 is 4.98 Å². The van der Waals surface area contributed by atoms with E-state index in [4.69, 9.17) is 0 Å². The third-order valence-electron chi connectivity index (χ3n) is 4.87. The highest BCUT2D eigenvalue weighted by atomic mass is 32.2. The van der Waals surface area contributed by atoms with Gasteiger partial charge in [0.15, 0.2) is 0 Å². The zero-order valence-electron chi connectivity index (χ0n) is 15.0. The second-order valence-corrected chi connectivity index (χ2v) is 7.52. The number of hydrogen-bond acceptors (Lipinski definition) is 3. The minimum Gasteiger partial charge on any atom is -0.300 e. The average molecular weight is 360 g/mol. The van der Waals surface area contributed by atoms with Crippen LogP contribution in [-0.4, -0.2) is 16.2 Å². The summed E-state index contributed by atoms with van der Waals surface area (Å²) in [6.07, 6.45) is 8.10. The van der Waals surface area contributed by atoms with Gasteiger partial charge in [0.1, 0.15) is 0 Å². The van der Waals surface area contributed by atoms with Crippen LogP contribution in [-0.2, 0) is 0 Å². The molecule has 0 aliphatic heterocycles. The molecule has 0 radical (unpaired) electrons. The summed E-state index contributed by atoms with van der Waals surface area (Å²) in [5, 5.41) is 0.870. The third kappa shape index (κ3) is 2.90. The molecule has 130 valence electrons. The fourth-order valence-corrected chi connectivity index (χ4v) is 4.24. The van der Waals surface area contributed by atoms with Crippen LogP contribution in [0.15, 0.2) is 52.4 Å². The lowest BCUT2D eigenvalue weighted by atomic mass is 9.83. The number of thioether (sulfide) groups is 1. The van der Waals surface area contributed by atoms with Crippen molar-refractivity contribution < 1.29 is 0 Å². The topological polar surface area (TPSA) is 45.8 Å². The first-order valence-electron chi connectivity index (χ1n) is 8.59. The highest BCUT2D eigenvalue weighted by Crippen LogP contribution is 2.41. The van der Waals surface area contributed by atoms with Gasteiger partial charge in [0, 0.05) is 17.7 Å². The molecule has 1 aliphatic carbocycles. The second-order valence-electron chi connectivity index (χ2n) is 6.71. The Bertz CT molecular complexity index is 1030. The zero-order valence-corrected chi connectivity index (χ0v) is 15.9. The van der Waals surface area contributed by atoms with E-state index in [1.165, 1.54) is 33.4 Å². The molecule has 0 amide bonds. The molecule has 0 saturated carbocycles. The largest absolute Gasteiger partial charge is 0.345 e. The summed E-state index contributed by atoms with van der Waals surface area (Å²) in [5.74, 6) is 0.0306. The van der Waals surface area contributed by atoms with Gasteiger partial charge in [0.25, 0.3) is 0 Å². The molecule has 1 heterocycles. The van der Waals surface area contributed by atoms with Crippen molar-refractivity contribution in [1.29, 1.82) is 0 Å². The number of fused-ring (bicyclic) bond motifs is 2. The number of aryl methyl sites for hydroxylation is 2. The second kappa shape index (κ2) is 6.61. The minimum absolute atomic E-state index is 0.0306. The van der Waals surface area contributed by atoms with E-state index >= 15 is 0 Å². The molecule has 3 aromatic rings. The van der Waals surface area contributed by atoms with Crippen molar-refractivity contribution in [2.75, 3.05) is 6.26 Å². The summed E-state index contributed by atoms with van der Waals surface area (Å²) < 4.78 is 0. The van der Waals surface area contributed by atoms with E-state index in [0.29, 0.717) is 0 Å². The van der Waals surface area contributed by atoms with Crippen molar-refractivity contribution in [3.8, 4) is 0 Å². The predicted octanol–water partition coefficient (Wildman–Crippen LogP) is 4.77. The molecule has 26 heavy (non-hydrogen) atoms. The van der Waals surface area contributed by atoms with Gasteiger partial charge in [-0.05, 0) is 42.4 Å². The molecule has 1 aromatic heterocycles. The predicted molar refractivity (Wildman–Crippen MR) is 109 cm³/mol. The highest BCUT2D eigenvalue weighted by molar-refractivity contribution is 7.98. The number of H-pyrrole nitrogens is 1. The normalized spacial score (nSPS) is 13.2. The summed E-state index contributed by atoms with van der Waals surface area (Å²) >= 11 is 1.55. The van der Waals surface area contributed by atoms with Gasteiger partial charge in [0.05, 0.1) is 5.03 Å². The van der Waals surface area contributed by atoms with Crippen LogP contribution >= 0.6 is 11.8 Å². The van der Waals surface area contributed by atoms with E-state index in [9.17, 15) is 4.79 Å². The molecular weight excluding hydrogens is 340 g/mol. The number of rotatable bonds is 2. The van der Waals surface area contributed by atoms with Crippen LogP contribution in [0.2, 0.25) is 0 Å². The summed E-state index contributed by atoms with van der Waals surface area (Å²) in [7, 11) is 0. The van der Waals surface area contributed by atoms with E-state index in [1.54, 1.807) is 18.0 Å². The maximum atomic E-state index is 11.7. The van der Waals surface area contributed by atoms with Crippen LogP contribution < -0.4 is 5.69 Å². The van der Waals surface area contributed by atoms with E-state index in [2.05, 4.69) is 72.4 Å². The van der Waals surface area contributed by atoms with E-state index < -0.39 is 0 Å². The van der Waals surface area contributed by atoms with Crippen molar-refractivity contribution in [3.05, 3.63) is 92.0 Å². The maximum absolute atomic E-state index is 11.7. The first-order valence-corrected chi connectivity index (χ1v) is 9.81. The Morgan fingerprint density at radius 2 is 1.50 bits per heavy atom. The van der Waals surface area contributed by atoms with Gasteiger partial charge in [-0.2, -0.15) is 0 Å². The summed E-state index contributed by atoms with van der Waals surface area (Å²) in [6, 6.07) is 13.1. The molecule has 2 aromatic carbocycles. The summed E-state index contributed by atoms with van der Waals surface area (Å²) in [6.45, 7) is 4.22. The molecule has 3 nitrogen and oxygen atoms in total. The highest BCUT2D eigenvalue weighted by Gasteiger charge is 2.26. The monoisotopic (exact) mass is 360 g/mol. The number of nitrogens with one attached hydrogen (secondary N) is 1. The first kappa shape index (κ1) is 16.9. The Morgan fingerprint density at radius 1 is 0.923 bits per heavy atom. The Kier molecular flexibility index (Phi) is 4.29. The van der Waals surface area contributed by atoms with Gasteiger partial charge in [-0.25, -0.2) is 9.78 Å². The van der Waals surface area contributed by atoms with Crippen LogP contribution in [0.4, 0.5) is 0 Å². The lowest BCUT2D eigenvalue weighted by Gasteiger charge is -2.23. The van der Waals surface area contributed by atoms with Crippen LogP contribution in [0.3, 0.4) is 0 Å². The van der Waals surface area contributed by atoms with E-state index in [-0.39, 0.29) is 11.6 Å². The van der Waals surface area contributed by atoms with Gasteiger partial charge in [-0.1, -0.05) is 59.7 Å². The van der Waals surface area contributed by atoms with Crippen molar-refractivity contribution in [2.45, 2.75) is 24.8 Å². The van der Waals surface area contributed by atoms with Gasteiger partial charge in [-0.15, -0.1) is 11.8 Å². The number of nitrogens with zero attached hydrogens (tertiary/aromatic N) is 1. The number of benzene rings is 2. The summed E-state index contributed by atoms with van der Waals surface area (Å²) in [4.78, 5) is 18.7. The van der Waals surface area contributed by atoms with Crippen molar-refractivity contribution in [3.63, 3.8) is 0 Å². The molecule has 4 heteroatoms. The fraction of sp³-hybridized carbons (Fsp3) is 0.182. The number of aromatic amines is 1. The lowest BCUT2D eigenvalue weighted by Crippen LogP contribution is -2.16. The van der Waals surface area contributed by atoms with Gasteiger partial charge in [0.2, 0.25) is 0 Å². The molecule has 0 atom stereocenters. The van der Waals surface area contributed by atoms with Gasteiger partial charge >= 0.3 is 5.69 Å². The van der Waals surface area contributed by atoms with E-state index in [0.717, 1.165) is 10.6 Å². The first-order chi connectivity index (χ1) is 12.6. The zero-order chi connectivity index (χ0) is 18.3. The maximum Gasteiger partial charge on any atom is 0.345 e. The molecule has 0 unspecified atom stereocenters. The van der Waals surface area contributed by atoms with E-state index in [1.807, 2.05) is 6.26 Å². The Balaban J connectivity index is 2.05. The number of hydrogen-bond donors (Lipinski definition) is 1. The van der Waals surface area contributed by atoms with Crippen molar-refractivity contribution >= 4 is 23.9 Å². The molecule has 0 saturated heterocycles. The molecule has 0 fully saturated rings. The Hall–Kier alpha value is -2.59. The van der Waals surface area contributed by atoms with Crippen LogP contribution in [0.5, 0.6) is 0 Å². The molecule has 0 spiro atoms. The SMILES string of the molecule is CSc1[nH]c(=O)ncc1C1c2ccc(C)cc2C=Cc2cc(C)ccc21. The Labute approximate surface area is 157 Å². The molecule has 4 rings (SSSR count). The van der Waals surface area contributed by atoms with Crippen LogP contribution in [0, 0.1) is 13.8 Å². The van der Waals surface area contributed by atoms with Gasteiger partial charge in [-0.3, -0.25) is 0 Å². The Morgan fingerprint density at radius 3 is 2.04 bits per heavy atom. The molecular formula is C22H20N2OS. The average Bonchev–Trinajstić information content (AvgIpc) is 2.78. The van der Waals surface area contributed by atoms with Crippen LogP contribution in [0.25, 0.3) is 12.2 Å². The standard InChI is InChI=1S/C22H20N2OS/c1-13-4-8-17-15(10-13)6-7-16-11-14(2)5-9-18(16)20(17)19-12-23-22(25)24-21(19)26-3/h4-12,20H,1-3H3,(H,23,24,25). The third-order valence-corrected chi connectivity index (χ3v) is 5.61. The molecule has 1 aliphatic rings. The fourth-order valence-electron chi connectivity index (χ4n) is 3.65. The van der Waals surface area contributed by atoms with Crippen molar-refractivity contribution in [2.24, 2.45) is 0 Å². The quantitative estimate of drug-likeness (QED) is 0.414. The lowest BCUT2D eigenvalue weighted by molar-refractivity contribution is 0.853. The van der Waals surface area contributed by atoms with Crippen LogP contribution in [0.1, 0.15) is 44.9 Å². The molecule has 0 bridgehead atoms. The minimum atomic E-state index is -0.307. The summed E-state index contributed by atoms with van der Waals surface area (Å²) in [5.41, 5.74) is 8.09.